The van der Waals surface area contributed by atoms with Gasteiger partial charge in [-0.15, -0.1) is 0 Å². The monoisotopic (exact) mass is 1080 g/mol. The first-order valence-electron chi connectivity index (χ1n) is 26.5. The lowest BCUT2D eigenvalue weighted by Crippen LogP contribution is -2.54. The number of anilines is 3. The van der Waals surface area contributed by atoms with E-state index in [2.05, 4.69) is 20.5 Å². The average molecular weight is 1080 g/mol. The fourth-order valence-electron chi connectivity index (χ4n) is 11.5. The summed E-state index contributed by atoms with van der Waals surface area (Å²) in [6, 6.07) is 24.0. The zero-order valence-electron chi connectivity index (χ0n) is 43.3. The summed E-state index contributed by atoms with van der Waals surface area (Å²) in [5, 5.41) is 16.2. The fraction of sp³-hybridized carbons (Fsp3) is 0.362. The summed E-state index contributed by atoms with van der Waals surface area (Å²) < 4.78 is 23.0. The van der Waals surface area contributed by atoms with E-state index in [1.165, 1.54) is 17.4 Å². The van der Waals surface area contributed by atoms with Crippen LogP contribution < -0.4 is 25.2 Å². The molecule has 6 amide bonds. The second-order valence-electron chi connectivity index (χ2n) is 20.7. The summed E-state index contributed by atoms with van der Waals surface area (Å²) in [6.45, 7) is 8.17. The third-order valence-corrected chi connectivity index (χ3v) is 16.8. The van der Waals surface area contributed by atoms with Gasteiger partial charge in [-0.2, -0.15) is 0 Å². The van der Waals surface area contributed by atoms with Crippen molar-refractivity contribution in [1.29, 1.82) is 0 Å². The van der Waals surface area contributed by atoms with Crippen molar-refractivity contribution in [2.75, 3.05) is 67.5 Å². The van der Waals surface area contributed by atoms with Crippen molar-refractivity contribution in [3.63, 3.8) is 0 Å². The molecule has 0 bridgehead atoms. The number of amides is 6. The van der Waals surface area contributed by atoms with E-state index in [1.54, 1.807) is 21.9 Å². The Kier molecular flexibility index (Phi) is 14.5. The second kappa shape index (κ2) is 21.7. The number of hydrogen-bond donors (Lipinski definition) is 3. The van der Waals surface area contributed by atoms with Gasteiger partial charge in [0.25, 0.3) is 17.7 Å². The molecule has 2 atom stereocenters. The van der Waals surface area contributed by atoms with E-state index in [0.29, 0.717) is 85.0 Å². The van der Waals surface area contributed by atoms with E-state index in [-0.39, 0.29) is 59.8 Å². The molecule has 5 aliphatic rings. The van der Waals surface area contributed by atoms with Crippen molar-refractivity contribution >= 4 is 79.6 Å². The fourth-order valence-corrected chi connectivity index (χ4v) is 12.4. The summed E-state index contributed by atoms with van der Waals surface area (Å²) in [5.74, 6) is -3.14. The predicted octanol–water partition coefficient (Wildman–Crippen LogP) is 7.33. The van der Waals surface area contributed by atoms with Gasteiger partial charge in [0, 0.05) is 56.8 Å². The Hall–Kier alpha value is -8.10. The van der Waals surface area contributed by atoms with Crippen molar-refractivity contribution in [2.24, 2.45) is 5.92 Å². The Labute approximate surface area is 453 Å². The number of carboxylic acid groups (broad SMARTS) is 1. The predicted molar refractivity (Wildman–Crippen MR) is 290 cm³/mol. The number of ether oxygens (including phenoxy) is 1. The number of thiazole rings is 1. The van der Waals surface area contributed by atoms with Gasteiger partial charge < -0.3 is 24.5 Å². The van der Waals surface area contributed by atoms with Gasteiger partial charge in [-0.05, 0) is 142 Å². The number of carbonyl (C=O) groups is 7. The highest BCUT2D eigenvalue weighted by Gasteiger charge is 2.45. The molecule has 18 nitrogen and oxygen atoms in total. The number of halogens is 1. The van der Waals surface area contributed by atoms with Crippen molar-refractivity contribution in [1.82, 2.24) is 30.0 Å². The standard InChI is InChI=1S/C58H58FN9O9S/c1-33(13-14-35-19-22-64(23-20-35)32-51(70)66-27-25-65(26-28-66)46-30-41-40(29-43(46)59)55(73)68(56(41)74)45-16-18-50(69)62-54(45)72)77-47-11-6-8-37(34(47)2)38-15-17-49(61-52(38)57(75)76)67-24-21-36-7-5-9-39(42(36)31-67)53(71)63-58-60-44-10-3-4-12-48(44)78-58/h3-12,15,17,29-30,33,35,45H,13-14,16,18-28,31-32H2,1-2H3,(H,75,76)(H,60,63,71)(H,62,69,72)/t33-,45?/m0/s1. The average Bonchev–Trinajstić information content (AvgIpc) is 4.17. The molecule has 0 saturated carbocycles. The van der Waals surface area contributed by atoms with Crippen LogP contribution in [0.1, 0.15) is 104 Å². The number of carbonyl (C=O) groups excluding carboxylic acids is 6. The lowest BCUT2D eigenvalue weighted by atomic mass is 9.91. The minimum Gasteiger partial charge on any atom is -0.490 e. The SMILES string of the molecule is Cc1c(O[C@@H](C)CCC2CCN(CC(=O)N3CCN(c4cc5c(cc4F)C(=O)N(C4CCC(=O)NC4=O)C5=O)CC3)CC2)cccc1-c1ccc(N2CCc3cccc(C(=O)Nc4nc5ccccc5s4)c3C2)nc1C(=O)O. The molecule has 0 spiro atoms. The van der Waals surface area contributed by atoms with Crippen LogP contribution in [-0.4, -0.2) is 136 Å². The van der Waals surface area contributed by atoms with Gasteiger partial charge in [-0.25, -0.2) is 19.2 Å². The van der Waals surface area contributed by atoms with E-state index in [4.69, 9.17) is 9.72 Å². The molecular weight excluding hydrogens is 1020 g/mol. The molecule has 0 radical (unpaired) electrons. The lowest BCUT2D eigenvalue weighted by Gasteiger charge is -2.38. The van der Waals surface area contributed by atoms with Crippen LogP contribution in [0.2, 0.25) is 0 Å². The van der Waals surface area contributed by atoms with Gasteiger partial charge in [0.05, 0.1) is 39.7 Å². The number of nitrogens with one attached hydrogen (secondary N) is 2. The van der Waals surface area contributed by atoms with Crippen molar-refractivity contribution in [3.05, 3.63) is 130 Å². The molecule has 4 aromatic carbocycles. The number of piperidine rings is 2. The van der Waals surface area contributed by atoms with Gasteiger partial charge in [-0.3, -0.25) is 49.2 Å². The Balaban J connectivity index is 0.649. The Morgan fingerprint density at radius 1 is 0.821 bits per heavy atom. The zero-order valence-corrected chi connectivity index (χ0v) is 44.1. The highest BCUT2D eigenvalue weighted by molar-refractivity contribution is 7.22. The van der Waals surface area contributed by atoms with E-state index >= 15 is 4.39 Å². The highest BCUT2D eigenvalue weighted by atomic mass is 32.1. The van der Waals surface area contributed by atoms with Gasteiger partial charge in [0.15, 0.2) is 10.8 Å². The summed E-state index contributed by atoms with van der Waals surface area (Å²) in [4.78, 5) is 109. The van der Waals surface area contributed by atoms with Crippen LogP contribution in [0.5, 0.6) is 5.75 Å². The van der Waals surface area contributed by atoms with E-state index in [0.717, 1.165) is 76.6 Å². The number of para-hydroxylation sites is 1. The van der Waals surface area contributed by atoms with Crippen LogP contribution in [0.25, 0.3) is 21.3 Å². The molecule has 11 rings (SSSR count). The normalized spacial score (nSPS) is 18.5. The topological polar surface area (TPSA) is 215 Å². The lowest BCUT2D eigenvalue weighted by molar-refractivity contribution is -0.136. The summed E-state index contributed by atoms with van der Waals surface area (Å²) in [7, 11) is 0. The van der Waals surface area contributed by atoms with Crippen LogP contribution in [-0.2, 0) is 27.3 Å². The van der Waals surface area contributed by atoms with Gasteiger partial charge in [-0.1, -0.05) is 47.7 Å². The molecule has 1 unspecified atom stereocenters. The highest BCUT2D eigenvalue weighted by Crippen LogP contribution is 2.37. The molecule has 3 N–H and O–H groups in total. The molecule has 20 heteroatoms. The molecule has 0 aliphatic carbocycles. The van der Waals surface area contributed by atoms with Crippen LogP contribution in [0.15, 0.2) is 84.9 Å². The Bertz CT molecular complexity index is 3390. The molecule has 3 saturated heterocycles. The number of imide groups is 2. The first kappa shape index (κ1) is 52.0. The summed E-state index contributed by atoms with van der Waals surface area (Å²) in [6.07, 6.45) is 4.16. The number of likely N-dealkylation sites (tertiary alicyclic amines) is 1. The number of carboxylic acids is 1. The summed E-state index contributed by atoms with van der Waals surface area (Å²) >= 11 is 1.42. The maximum absolute atomic E-state index is 15.5. The van der Waals surface area contributed by atoms with E-state index in [1.807, 2.05) is 79.4 Å². The zero-order chi connectivity index (χ0) is 54.4. The maximum Gasteiger partial charge on any atom is 0.355 e. The van der Waals surface area contributed by atoms with Crippen molar-refractivity contribution in [2.45, 2.75) is 77.5 Å². The van der Waals surface area contributed by atoms with Crippen LogP contribution in [0.4, 0.5) is 21.0 Å². The van der Waals surface area contributed by atoms with Gasteiger partial charge in [0.1, 0.15) is 23.4 Å². The first-order valence-corrected chi connectivity index (χ1v) is 27.3. The quantitative estimate of drug-likeness (QED) is 0.0912. The third kappa shape index (κ3) is 10.4. The number of benzene rings is 4. The molecule has 78 heavy (non-hydrogen) atoms. The van der Waals surface area contributed by atoms with Crippen molar-refractivity contribution in [3.8, 4) is 16.9 Å². The van der Waals surface area contributed by atoms with Crippen LogP contribution in [0, 0.1) is 18.7 Å². The van der Waals surface area contributed by atoms with E-state index < -0.39 is 41.5 Å². The molecule has 3 fully saturated rings. The van der Waals surface area contributed by atoms with Crippen LogP contribution >= 0.6 is 11.3 Å². The first-order chi connectivity index (χ1) is 37.7. The molecule has 402 valence electrons. The third-order valence-electron chi connectivity index (χ3n) is 15.9. The number of fused-ring (bicyclic) bond motifs is 3. The molecule has 6 aromatic rings. The maximum atomic E-state index is 15.5. The minimum atomic E-state index is -1.15. The Morgan fingerprint density at radius 2 is 1.58 bits per heavy atom. The number of aromatic carboxylic acids is 1. The number of rotatable bonds is 14. The number of hydrogen-bond acceptors (Lipinski definition) is 14. The second-order valence-corrected chi connectivity index (χ2v) is 21.8. The molecular formula is C58H58FN9O9S. The van der Waals surface area contributed by atoms with Gasteiger partial charge >= 0.3 is 5.97 Å². The molecule has 7 heterocycles. The number of piperazine rings is 1. The summed E-state index contributed by atoms with van der Waals surface area (Å²) in [5.41, 5.74) is 5.24. The van der Waals surface area contributed by atoms with Crippen molar-refractivity contribution < 1.29 is 47.8 Å². The van der Waals surface area contributed by atoms with E-state index in [9.17, 15) is 38.7 Å². The molecule has 2 aromatic heterocycles. The Morgan fingerprint density at radius 3 is 2.33 bits per heavy atom. The number of pyridine rings is 1. The number of aromatic nitrogens is 2. The molecule has 5 aliphatic heterocycles. The largest absolute Gasteiger partial charge is 0.490 e. The smallest absolute Gasteiger partial charge is 0.355 e. The number of nitrogens with zero attached hydrogens (tertiary/aromatic N) is 7. The minimum absolute atomic E-state index is 0.00288. The van der Waals surface area contributed by atoms with Crippen LogP contribution in [0.3, 0.4) is 0 Å². The van der Waals surface area contributed by atoms with Gasteiger partial charge in [0.2, 0.25) is 17.7 Å².